The second kappa shape index (κ2) is 5.72. The summed E-state index contributed by atoms with van der Waals surface area (Å²) in [6.45, 7) is 1.76. The van der Waals surface area contributed by atoms with Crippen molar-refractivity contribution in [3.63, 3.8) is 0 Å². The van der Waals surface area contributed by atoms with Gasteiger partial charge in [0, 0.05) is 27.2 Å². The quantitative estimate of drug-likeness (QED) is 0.796. The van der Waals surface area contributed by atoms with Gasteiger partial charge in [-0.1, -0.05) is 12.1 Å². The van der Waals surface area contributed by atoms with Crippen molar-refractivity contribution in [3.8, 4) is 11.5 Å². The predicted octanol–water partition coefficient (Wildman–Crippen LogP) is 1.90. The molecule has 0 bridgehead atoms. The molecule has 1 aliphatic heterocycles. The first-order chi connectivity index (χ1) is 11.6. The van der Waals surface area contributed by atoms with E-state index in [0.29, 0.717) is 6.79 Å². The first-order valence-electron chi connectivity index (χ1n) is 7.87. The Hall–Kier alpha value is -2.73. The van der Waals surface area contributed by atoms with E-state index in [1.54, 1.807) is 23.2 Å². The van der Waals surface area contributed by atoms with Gasteiger partial charge in [-0.15, -0.1) is 0 Å². The lowest BCUT2D eigenvalue weighted by atomic mass is 10.1. The van der Waals surface area contributed by atoms with Crippen LogP contribution < -0.4 is 20.5 Å². The number of aromatic nitrogens is 2. The predicted molar refractivity (Wildman–Crippen MR) is 91.3 cm³/mol. The summed E-state index contributed by atoms with van der Waals surface area (Å²) in [6, 6.07) is 12.1. The summed E-state index contributed by atoms with van der Waals surface area (Å²) in [5.41, 5.74) is 4.18. The largest absolute Gasteiger partial charge is 0.454 e. The number of fused-ring (bicyclic) bond motifs is 2. The minimum Gasteiger partial charge on any atom is -0.454 e. The summed E-state index contributed by atoms with van der Waals surface area (Å²) < 4.78 is 14.1. The molecule has 6 heteroatoms. The van der Waals surface area contributed by atoms with Crippen LogP contribution in [0.3, 0.4) is 0 Å². The van der Waals surface area contributed by atoms with E-state index in [-0.39, 0.29) is 5.69 Å². The van der Waals surface area contributed by atoms with Gasteiger partial charge in [0.2, 0.25) is 6.79 Å². The van der Waals surface area contributed by atoms with Gasteiger partial charge < -0.3 is 14.8 Å². The number of hydrogen-bond acceptors (Lipinski definition) is 4. The molecule has 2 aromatic carbocycles. The smallest absolute Gasteiger partial charge is 0.328 e. The summed E-state index contributed by atoms with van der Waals surface area (Å²) >= 11 is 0. The molecule has 0 unspecified atom stereocenters. The number of rotatable bonds is 4. The Morgan fingerprint density at radius 1 is 0.917 bits per heavy atom. The van der Waals surface area contributed by atoms with Crippen LogP contribution in [0.25, 0.3) is 11.0 Å². The Morgan fingerprint density at radius 2 is 1.58 bits per heavy atom. The highest BCUT2D eigenvalue weighted by molar-refractivity contribution is 5.76. The number of benzene rings is 2. The molecule has 6 nitrogen and oxygen atoms in total. The first-order valence-corrected chi connectivity index (χ1v) is 7.87. The van der Waals surface area contributed by atoms with E-state index in [0.717, 1.165) is 46.7 Å². The highest BCUT2D eigenvalue weighted by Gasteiger charge is 2.13. The molecule has 24 heavy (non-hydrogen) atoms. The van der Waals surface area contributed by atoms with Crippen LogP contribution in [0, 0.1) is 0 Å². The lowest BCUT2D eigenvalue weighted by molar-refractivity contribution is 0.174. The van der Waals surface area contributed by atoms with Crippen LogP contribution in [-0.2, 0) is 27.2 Å². The molecule has 0 spiro atoms. The standard InChI is InChI=1S/C18H19N3O3/c1-20-14-5-3-12(7-15(14)21(2)18(20)22)9-19-10-13-4-6-16-17(8-13)24-11-23-16/h3-8,19H,9-11H2,1-2H3. The van der Waals surface area contributed by atoms with Crippen molar-refractivity contribution in [2.45, 2.75) is 13.1 Å². The highest BCUT2D eigenvalue weighted by atomic mass is 16.7. The van der Waals surface area contributed by atoms with E-state index in [1.165, 1.54) is 0 Å². The minimum absolute atomic E-state index is 0.00420. The zero-order valence-electron chi connectivity index (χ0n) is 13.7. The van der Waals surface area contributed by atoms with Crippen LogP contribution in [0.4, 0.5) is 0 Å². The van der Waals surface area contributed by atoms with E-state index in [9.17, 15) is 4.79 Å². The summed E-state index contributed by atoms with van der Waals surface area (Å²) in [5, 5.41) is 3.42. The van der Waals surface area contributed by atoms with Gasteiger partial charge in [0.05, 0.1) is 11.0 Å². The van der Waals surface area contributed by atoms with Crippen molar-refractivity contribution in [2.75, 3.05) is 6.79 Å². The maximum Gasteiger partial charge on any atom is 0.328 e. The third kappa shape index (κ3) is 2.45. The van der Waals surface area contributed by atoms with Gasteiger partial charge >= 0.3 is 5.69 Å². The molecule has 0 aliphatic carbocycles. The molecule has 124 valence electrons. The molecule has 0 amide bonds. The zero-order chi connectivity index (χ0) is 16.7. The number of nitrogens with zero attached hydrogens (tertiary/aromatic N) is 2. The second-order valence-electron chi connectivity index (χ2n) is 6.01. The lowest BCUT2D eigenvalue weighted by Crippen LogP contribution is -2.19. The zero-order valence-corrected chi connectivity index (χ0v) is 13.7. The molecular formula is C18H19N3O3. The molecule has 4 rings (SSSR count). The third-order valence-electron chi connectivity index (χ3n) is 4.43. The number of nitrogens with one attached hydrogen (secondary N) is 1. The van der Waals surface area contributed by atoms with Gasteiger partial charge in [-0.05, 0) is 35.4 Å². The Bertz CT molecular complexity index is 972. The number of ether oxygens (including phenoxy) is 2. The van der Waals surface area contributed by atoms with Gasteiger partial charge in [-0.25, -0.2) is 4.79 Å². The van der Waals surface area contributed by atoms with E-state index >= 15 is 0 Å². The van der Waals surface area contributed by atoms with Gasteiger partial charge in [0.1, 0.15) is 0 Å². The van der Waals surface area contributed by atoms with Crippen LogP contribution in [0.2, 0.25) is 0 Å². The maximum absolute atomic E-state index is 12.0. The highest BCUT2D eigenvalue weighted by Crippen LogP contribution is 2.32. The third-order valence-corrected chi connectivity index (χ3v) is 4.43. The molecule has 2 heterocycles. The van der Waals surface area contributed by atoms with Crippen LogP contribution in [-0.4, -0.2) is 15.9 Å². The fourth-order valence-electron chi connectivity index (χ4n) is 3.06. The van der Waals surface area contributed by atoms with E-state index in [4.69, 9.17) is 9.47 Å². The molecule has 1 aliphatic rings. The van der Waals surface area contributed by atoms with Crippen molar-refractivity contribution < 1.29 is 9.47 Å². The molecule has 1 N–H and O–H groups in total. The normalized spacial score (nSPS) is 12.9. The summed E-state index contributed by atoms with van der Waals surface area (Å²) in [6.07, 6.45) is 0. The van der Waals surface area contributed by atoms with Gasteiger partial charge in [0.15, 0.2) is 11.5 Å². The van der Waals surface area contributed by atoms with Gasteiger partial charge in [-0.2, -0.15) is 0 Å². The monoisotopic (exact) mass is 325 g/mol. The summed E-state index contributed by atoms with van der Waals surface area (Å²) in [4.78, 5) is 12.0. The van der Waals surface area contributed by atoms with Crippen molar-refractivity contribution in [3.05, 3.63) is 58.0 Å². The summed E-state index contributed by atoms with van der Waals surface area (Å²) in [7, 11) is 3.59. The van der Waals surface area contributed by atoms with E-state index in [2.05, 4.69) is 17.4 Å². The maximum atomic E-state index is 12.0. The van der Waals surface area contributed by atoms with Crippen molar-refractivity contribution in [1.29, 1.82) is 0 Å². The number of hydrogen-bond donors (Lipinski definition) is 1. The van der Waals surface area contributed by atoms with Crippen LogP contribution >= 0.6 is 0 Å². The Labute approximate surface area is 139 Å². The fourth-order valence-corrected chi connectivity index (χ4v) is 3.06. The summed E-state index contributed by atoms with van der Waals surface area (Å²) in [5.74, 6) is 1.60. The fraction of sp³-hybridized carbons (Fsp3) is 0.278. The van der Waals surface area contributed by atoms with E-state index in [1.807, 2.05) is 24.3 Å². The first kappa shape index (κ1) is 14.8. The molecule has 3 aromatic rings. The molecule has 0 fully saturated rings. The Balaban J connectivity index is 1.47. The SMILES string of the molecule is Cn1c(=O)n(C)c2cc(CNCc3ccc4c(c3)OCO4)ccc21. The number of imidazole rings is 1. The lowest BCUT2D eigenvalue weighted by Gasteiger charge is -2.07. The average Bonchev–Trinajstić information content (AvgIpc) is 3.14. The molecule has 0 saturated heterocycles. The molecule has 1 aromatic heterocycles. The van der Waals surface area contributed by atoms with Crippen LogP contribution in [0.15, 0.2) is 41.2 Å². The minimum atomic E-state index is -0.00420. The van der Waals surface area contributed by atoms with Crippen molar-refractivity contribution in [2.24, 2.45) is 14.1 Å². The van der Waals surface area contributed by atoms with Gasteiger partial charge in [-0.3, -0.25) is 9.13 Å². The van der Waals surface area contributed by atoms with Crippen molar-refractivity contribution in [1.82, 2.24) is 14.5 Å². The molecule has 0 atom stereocenters. The van der Waals surface area contributed by atoms with Gasteiger partial charge in [0.25, 0.3) is 0 Å². The topological polar surface area (TPSA) is 57.4 Å². The van der Waals surface area contributed by atoms with Crippen LogP contribution in [0.1, 0.15) is 11.1 Å². The second-order valence-corrected chi connectivity index (χ2v) is 6.01. The van der Waals surface area contributed by atoms with Crippen LogP contribution in [0.5, 0.6) is 11.5 Å². The molecule has 0 radical (unpaired) electrons. The Kier molecular flexibility index (Phi) is 3.54. The van der Waals surface area contributed by atoms with Crippen molar-refractivity contribution >= 4 is 11.0 Å². The average molecular weight is 325 g/mol. The Morgan fingerprint density at radius 3 is 2.42 bits per heavy atom. The molecular weight excluding hydrogens is 306 g/mol. The number of aryl methyl sites for hydroxylation is 2. The molecule has 0 saturated carbocycles. The van der Waals surface area contributed by atoms with E-state index < -0.39 is 0 Å².